The predicted octanol–water partition coefficient (Wildman–Crippen LogP) is 3.14. The van der Waals surface area contributed by atoms with Crippen molar-refractivity contribution in [3.8, 4) is 0 Å². The Morgan fingerprint density at radius 3 is 2.16 bits per heavy atom. The van der Waals surface area contributed by atoms with E-state index < -0.39 is 45.8 Å². The number of hydrogen-bond acceptors (Lipinski definition) is 5. The van der Waals surface area contributed by atoms with Crippen LogP contribution in [-0.4, -0.2) is 43.8 Å². The van der Waals surface area contributed by atoms with E-state index in [1.54, 1.807) is 56.3 Å². The summed E-state index contributed by atoms with van der Waals surface area (Å²) in [6, 6.07) is 15.1. The number of benzene rings is 2. The van der Waals surface area contributed by atoms with Gasteiger partial charge in [0, 0.05) is 6.54 Å². The summed E-state index contributed by atoms with van der Waals surface area (Å²) in [6.45, 7) is 5.96. The van der Waals surface area contributed by atoms with Crippen molar-refractivity contribution in [3.63, 3.8) is 0 Å². The molecule has 7 nitrogen and oxygen atoms in total. The van der Waals surface area contributed by atoms with E-state index in [4.69, 9.17) is 4.74 Å². The van der Waals surface area contributed by atoms with Crippen molar-refractivity contribution >= 4 is 21.9 Å². The van der Waals surface area contributed by atoms with E-state index in [-0.39, 0.29) is 11.5 Å². The Balaban J connectivity index is 2.21. The lowest BCUT2D eigenvalue weighted by atomic mass is 9.85. The molecule has 4 unspecified atom stereocenters. The third-order valence-corrected chi connectivity index (χ3v) is 7.67. The summed E-state index contributed by atoms with van der Waals surface area (Å²) in [5, 5.41) is 2.82. The van der Waals surface area contributed by atoms with Crippen LogP contribution < -0.4 is 5.32 Å². The second kappa shape index (κ2) is 10.3. The maximum atomic E-state index is 13.9. The highest BCUT2D eigenvalue weighted by atomic mass is 32.2. The number of sulfonamides is 1. The lowest BCUT2D eigenvalue weighted by Gasteiger charge is -2.30. The van der Waals surface area contributed by atoms with Crippen LogP contribution in [0.25, 0.3) is 0 Å². The molecule has 2 aromatic rings. The summed E-state index contributed by atoms with van der Waals surface area (Å²) < 4.78 is 34.3. The molecule has 172 valence electrons. The van der Waals surface area contributed by atoms with Crippen LogP contribution in [0.2, 0.25) is 0 Å². The van der Waals surface area contributed by atoms with Gasteiger partial charge in [0.1, 0.15) is 6.04 Å². The first-order valence-electron chi connectivity index (χ1n) is 10.9. The summed E-state index contributed by atoms with van der Waals surface area (Å²) in [6.07, 6.45) is 0.710. The van der Waals surface area contributed by atoms with Gasteiger partial charge in [0.25, 0.3) is 0 Å². The molecule has 2 aromatic carbocycles. The highest BCUT2D eigenvalue weighted by Gasteiger charge is 2.58. The quantitative estimate of drug-likeness (QED) is 0.614. The van der Waals surface area contributed by atoms with Gasteiger partial charge >= 0.3 is 5.97 Å². The van der Waals surface area contributed by atoms with Gasteiger partial charge < -0.3 is 10.1 Å². The Hall–Kier alpha value is -2.71. The van der Waals surface area contributed by atoms with Crippen molar-refractivity contribution in [1.82, 2.24) is 9.62 Å². The minimum atomic E-state index is -4.10. The molecule has 1 aliphatic rings. The zero-order valence-electron chi connectivity index (χ0n) is 18.6. The summed E-state index contributed by atoms with van der Waals surface area (Å²) in [5.74, 6) is -2.33. The Labute approximate surface area is 189 Å². The minimum Gasteiger partial charge on any atom is -0.466 e. The molecule has 1 N–H and O–H groups in total. The Kier molecular flexibility index (Phi) is 7.69. The van der Waals surface area contributed by atoms with Gasteiger partial charge in [0.05, 0.1) is 23.5 Å². The fourth-order valence-corrected chi connectivity index (χ4v) is 6.24. The van der Waals surface area contributed by atoms with Gasteiger partial charge in [-0.05, 0) is 37.0 Å². The number of ether oxygens (including phenoxy) is 1. The van der Waals surface area contributed by atoms with Gasteiger partial charge in [-0.2, -0.15) is 4.31 Å². The molecule has 0 aliphatic carbocycles. The van der Waals surface area contributed by atoms with Crippen molar-refractivity contribution in [2.75, 3.05) is 13.2 Å². The third-order valence-electron chi connectivity index (χ3n) is 5.79. The highest BCUT2D eigenvalue weighted by molar-refractivity contribution is 7.89. The van der Waals surface area contributed by atoms with Crippen molar-refractivity contribution in [2.24, 2.45) is 11.8 Å². The van der Waals surface area contributed by atoms with Crippen LogP contribution in [0.15, 0.2) is 65.6 Å². The minimum absolute atomic E-state index is 0.0749. The molecule has 1 aliphatic heterocycles. The predicted molar refractivity (Wildman–Crippen MR) is 121 cm³/mol. The van der Waals surface area contributed by atoms with E-state index in [2.05, 4.69) is 5.32 Å². The van der Waals surface area contributed by atoms with Crippen LogP contribution >= 0.6 is 0 Å². The van der Waals surface area contributed by atoms with Gasteiger partial charge in [0.15, 0.2) is 0 Å². The largest absolute Gasteiger partial charge is 0.466 e. The fraction of sp³-hybridized carbons (Fsp3) is 0.417. The van der Waals surface area contributed by atoms with Gasteiger partial charge in [-0.3, -0.25) is 9.59 Å². The molecular formula is C24H30N2O5S. The lowest BCUT2D eigenvalue weighted by molar-refractivity contribution is -0.150. The van der Waals surface area contributed by atoms with E-state index in [0.717, 1.165) is 0 Å². The zero-order valence-corrected chi connectivity index (χ0v) is 19.4. The third kappa shape index (κ3) is 4.56. The summed E-state index contributed by atoms with van der Waals surface area (Å²) in [5.41, 5.74) is 0.641. The fourth-order valence-electron chi connectivity index (χ4n) is 4.35. The van der Waals surface area contributed by atoms with E-state index in [1.807, 2.05) is 13.0 Å². The summed E-state index contributed by atoms with van der Waals surface area (Å²) in [4.78, 5) is 26.4. The molecule has 0 radical (unpaired) electrons. The second-order valence-corrected chi connectivity index (χ2v) is 9.72. The van der Waals surface area contributed by atoms with Gasteiger partial charge in [-0.25, -0.2) is 8.42 Å². The van der Waals surface area contributed by atoms with Crippen LogP contribution in [0.1, 0.15) is 38.8 Å². The number of nitrogens with one attached hydrogen (secondary N) is 1. The molecule has 1 heterocycles. The lowest BCUT2D eigenvalue weighted by Crippen LogP contribution is -2.48. The van der Waals surface area contributed by atoms with Gasteiger partial charge in [-0.15, -0.1) is 0 Å². The molecule has 0 bridgehead atoms. The molecule has 4 atom stereocenters. The number of nitrogens with zero attached hydrogens (tertiary/aromatic N) is 1. The van der Waals surface area contributed by atoms with Crippen LogP contribution in [0.3, 0.4) is 0 Å². The van der Waals surface area contributed by atoms with Crippen LogP contribution in [0.4, 0.5) is 0 Å². The van der Waals surface area contributed by atoms with E-state index in [9.17, 15) is 18.0 Å². The molecule has 1 saturated heterocycles. The molecular weight excluding hydrogens is 428 g/mol. The average Bonchev–Trinajstić information content (AvgIpc) is 3.12. The number of hydrogen-bond donors (Lipinski definition) is 1. The SMILES string of the molecule is CCCNC(=O)C1C(C)C(C(=O)OCC)C(c2ccccc2)N1S(=O)(=O)c1ccccc1. The smallest absolute Gasteiger partial charge is 0.311 e. The molecule has 1 amide bonds. The van der Waals surface area contributed by atoms with E-state index >= 15 is 0 Å². The van der Waals surface area contributed by atoms with Crippen LogP contribution in [-0.2, 0) is 24.3 Å². The van der Waals surface area contributed by atoms with Gasteiger partial charge in [-0.1, -0.05) is 62.4 Å². The van der Waals surface area contributed by atoms with Crippen molar-refractivity contribution in [2.45, 2.75) is 44.2 Å². The molecule has 0 aromatic heterocycles. The number of carbonyl (C=O) groups excluding carboxylic acids is 2. The number of rotatable bonds is 8. The van der Waals surface area contributed by atoms with Crippen LogP contribution in [0.5, 0.6) is 0 Å². The molecule has 3 rings (SSSR count). The Morgan fingerprint density at radius 1 is 1.00 bits per heavy atom. The molecule has 8 heteroatoms. The monoisotopic (exact) mass is 458 g/mol. The Morgan fingerprint density at radius 2 is 1.59 bits per heavy atom. The molecule has 0 saturated carbocycles. The van der Waals surface area contributed by atoms with Crippen molar-refractivity contribution in [3.05, 3.63) is 66.2 Å². The Bertz CT molecular complexity index is 1030. The number of carbonyl (C=O) groups is 2. The maximum absolute atomic E-state index is 13.9. The zero-order chi connectivity index (χ0) is 23.3. The second-order valence-electron chi connectivity index (χ2n) is 7.88. The van der Waals surface area contributed by atoms with E-state index in [0.29, 0.717) is 18.5 Å². The average molecular weight is 459 g/mol. The topological polar surface area (TPSA) is 92.8 Å². The number of amides is 1. The van der Waals surface area contributed by atoms with Crippen molar-refractivity contribution < 1.29 is 22.7 Å². The molecule has 0 spiro atoms. The summed E-state index contributed by atoms with van der Waals surface area (Å²) >= 11 is 0. The first-order chi connectivity index (χ1) is 15.3. The summed E-state index contributed by atoms with van der Waals surface area (Å²) in [7, 11) is -4.10. The number of esters is 1. The van der Waals surface area contributed by atoms with Crippen LogP contribution in [0, 0.1) is 11.8 Å². The first-order valence-corrected chi connectivity index (χ1v) is 12.4. The maximum Gasteiger partial charge on any atom is 0.311 e. The first kappa shape index (κ1) is 23.9. The highest BCUT2D eigenvalue weighted by Crippen LogP contribution is 2.48. The molecule has 32 heavy (non-hydrogen) atoms. The molecule has 1 fully saturated rings. The normalized spacial score (nSPS) is 23.6. The van der Waals surface area contributed by atoms with E-state index in [1.165, 1.54) is 16.4 Å². The van der Waals surface area contributed by atoms with Crippen molar-refractivity contribution in [1.29, 1.82) is 0 Å². The van der Waals surface area contributed by atoms with Gasteiger partial charge in [0.2, 0.25) is 15.9 Å². The standard InChI is InChI=1S/C24H30N2O5S/c1-4-16-25-23(27)21-17(3)20(24(28)31-5-2)22(18-12-8-6-9-13-18)26(21)32(29,30)19-14-10-7-11-15-19/h6-15,17,20-22H,4-5,16H2,1-3H3,(H,25,27).